The van der Waals surface area contributed by atoms with Crippen LogP contribution in [0.5, 0.6) is 11.5 Å². The zero-order valence-electron chi connectivity index (χ0n) is 15.8. The second-order valence-corrected chi connectivity index (χ2v) is 6.35. The molecule has 1 heterocycles. The number of hydrogen-bond acceptors (Lipinski definition) is 5. The zero-order chi connectivity index (χ0) is 18.9. The second-order valence-electron chi connectivity index (χ2n) is 6.35. The molecule has 0 bridgehead atoms. The maximum atomic E-state index is 12.1. The van der Waals surface area contributed by atoms with Crippen molar-refractivity contribution in [1.82, 2.24) is 10.2 Å². The van der Waals surface area contributed by atoms with Crippen LogP contribution in [-0.4, -0.2) is 49.2 Å². The molecule has 26 heavy (non-hydrogen) atoms. The predicted molar refractivity (Wildman–Crippen MR) is 101 cm³/mol. The van der Waals surface area contributed by atoms with Crippen LogP contribution in [0.15, 0.2) is 18.2 Å². The summed E-state index contributed by atoms with van der Waals surface area (Å²) in [6.45, 7) is 8.03. The Morgan fingerprint density at radius 1 is 1.15 bits per heavy atom. The summed E-state index contributed by atoms with van der Waals surface area (Å²) in [6, 6.07) is 4.96. The van der Waals surface area contributed by atoms with Crippen molar-refractivity contribution in [2.75, 3.05) is 31.6 Å². The van der Waals surface area contributed by atoms with Gasteiger partial charge in [-0.25, -0.2) is 4.79 Å². The number of nitrogens with zero attached hydrogens (tertiary/aromatic N) is 1. The van der Waals surface area contributed by atoms with Crippen LogP contribution < -0.4 is 20.1 Å². The molecule has 7 heteroatoms. The van der Waals surface area contributed by atoms with Crippen molar-refractivity contribution in [3.05, 3.63) is 18.2 Å². The van der Waals surface area contributed by atoms with Crippen molar-refractivity contribution in [3.8, 4) is 11.5 Å². The van der Waals surface area contributed by atoms with Gasteiger partial charge in [-0.05, 0) is 52.3 Å². The number of rotatable bonds is 7. The molecule has 1 aromatic rings. The quantitative estimate of drug-likeness (QED) is 0.778. The molecule has 0 unspecified atom stereocenters. The lowest BCUT2D eigenvalue weighted by Gasteiger charge is -2.32. The average molecular weight is 363 g/mol. The fourth-order valence-electron chi connectivity index (χ4n) is 3.03. The lowest BCUT2D eigenvalue weighted by Crippen LogP contribution is -2.46. The van der Waals surface area contributed by atoms with Gasteiger partial charge < -0.3 is 14.8 Å². The molecule has 1 saturated heterocycles. The third-order valence-electron chi connectivity index (χ3n) is 4.34. The summed E-state index contributed by atoms with van der Waals surface area (Å²) in [5.74, 6) is 0.878. The Hall–Kier alpha value is -2.28. The third-order valence-corrected chi connectivity index (χ3v) is 4.34. The Morgan fingerprint density at radius 3 is 2.58 bits per heavy atom. The van der Waals surface area contributed by atoms with E-state index in [1.807, 2.05) is 13.8 Å². The van der Waals surface area contributed by atoms with Gasteiger partial charge in [-0.2, -0.15) is 0 Å². The molecule has 1 atom stereocenters. The highest BCUT2D eigenvalue weighted by Gasteiger charge is 2.21. The van der Waals surface area contributed by atoms with Crippen molar-refractivity contribution >= 4 is 17.6 Å². The van der Waals surface area contributed by atoms with Crippen molar-refractivity contribution in [3.63, 3.8) is 0 Å². The number of ether oxygens (including phenoxy) is 2. The normalized spacial score (nSPS) is 17.4. The summed E-state index contributed by atoms with van der Waals surface area (Å²) < 4.78 is 11.0. The number of imide groups is 1. The number of piperidine rings is 1. The van der Waals surface area contributed by atoms with Crippen LogP contribution in [-0.2, 0) is 4.79 Å². The van der Waals surface area contributed by atoms with Gasteiger partial charge in [0.2, 0.25) is 5.91 Å². The first-order valence-corrected chi connectivity index (χ1v) is 9.28. The summed E-state index contributed by atoms with van der Waals surface area (Å²) in [5, 5.41) is 5.05. The highest BCUT2D eigenvalue weighted by molar-refractivity contribution is 6.01. The molecule has 144 valence electrons. The van der Waals surface area contributed by atoms with E-state index < -0.39 is 6.03 Å². The Labute approximate surface area is 155 Å². The fraction of sp³-hybridized carbons (Fsp3) is 0.579. The van der Waals surface area contributed by atoms with Crippen LogP contribution in [0.2, 0.25) is 0 Å². The number of amides is 3. The molecule has 0 saturated carbocycles. The van der Waals surface area contributed by atoms with E-state index in [1.54, 1.807) is 18.2 Å². The Bertz CT molecular complexity index is 621. The van der Waals surface area contributed by atoms with E-state index in [-0.39, 0.29) is 12.5 Å². The monoisotopic (exact) mass is 363 g/mol. The topological polar surface area (TPSA) is 79.9 Å². The number of hydrogen-bond donors (Lipinski definition) is 2. The fourth-order valence-corrected chi connectivity index (χ4v) is 3.03. The van der Waals surface area contributed by atoms with Crippen molar-refractivity contribution in [2.24, 2.45) is 0 Å². The minimum absolute atomic E-state index is 0.238. The van der Waals surface area contributed by atoms with Crippen LogP contribution >= 0.6 is 0 Å². The highest BCUT2D eigenvalue weighted by atomic mass is 16.5. The van der Waals surface area contributed by atoms with Crippen LogP contribution in [0.4, 0.5) is 10.5 Å². The van der Waals surface area contributed by atoms with Gasteiger partial charge in [0.1, 0.15) is 0 Å². The predicted octanol–water partition coefficient (Wildman–Crippen LogP) is 3.01. The van der Waals surface area contributed by atoms with Gasteiger partial charge in [-0.1, -0.05) is 6.42 Å². The van der Waals surface area contributed by atoms with Gasteiger partial charge in [0.25, 0.3) is 0 Å². The number of urea groups is 1. The molecule has 0 spiro atoms. The zero-order valence-corrected chi connectivity index (χ0v) is 15.8. The third kappa shape index (κ3) is 5.91. The van der Waals surface area contributed by atoms with E-state index in [2.05, 4.69) is 22.5 Å². The van der Waals surface area contributed by atoms with Crippen LogP contribution in [0, 0.1) is 0 Å². The standard InChI is InChI=1S/C19H29N3O4/c1-4-25-16-10-9-15(12-17(16)26-5-2)20-19(24)21-18(23)13-22-11-7-6-8-14(22)3/h9-10,12,14H,4-8,11,13H2,1-3H3,(H2,20,21,23,24)/t14-/m1/s1. The molecule has 0 radical (unpaired) electrons. The molecule has 1 fully saturated rings. The Balaban J connectivity index is 1.90. The number of carbonyl (C=O) groups is 2. The molecule has 0 aromatic heterocycles. The minimum Gasteiger partial charge on any atom is -0.490 e. The van der Waals surface area contributed by atoms with E-state index >= 15 is 0 Å². The summed E-state index contributed by atoms with van der Waals surface area (Å²) in [6.07, 6.45) is 3.38. The van der Waals surface area contributed by atoms with Crippen LogP contribution in [0.3, 0.4) is 0 Å². The lowest BCUT2D eigenvalue weighted by molar-refractivity contribution is -0.121. The lowest BCUT2D eigenvalue weighted by atomic mass is 10.0. The van der Waals surface area contributed by atoms with Gasteiger partial charge in [0.05, 0.1) is 19.8 Å². The highest BCUT2D eigenvalue weighted by Crippen LogP contribution is 2.30. The average Bonchev–Trinajstić information content (AvgIpc) is 2.59. The van der Waals surface area contributed by atoms with E-state index in [9.17, 15) is 9.59 Å². The molecule has 2 rings (SSSR count). The van der Waals surface area contributed by atoms with Crippen molar-refractivity contribution in [2.45, 2.75) is 46.1 Å². The van der Waals surface area contributed by atoms with E-state index in [4.69, 9.17) is 9.47 Å². The number of benzene rings is 1. The number of carbonyl (C=O) groups excluding carboxylic acids is 2. The second kappa shape index (κ2) is 10.0. The minimum atomic E-state index is -0.550. The first-order chi connectivity index (χ1) is 12.5. The first-order valence-electron chi connectivity index (χ1n) is 9.28. The number of nitrogens with one attached hydrogen (secondary N) is 2. The van der Waals surface area contributed by atoms with Gasteiger partial charge in [-0.3, -0.25) is 15.0 Å². The van der Waals surface area contributed by atoms with Gasteiger partial charge in [0.15, 0.2) is 11.5 Å². The summed E-state index contributed by atoms with van der Waals surface area (Å²) in [7, 11) is 0. The molecular weight excluding hydrogens is 334 g/mol. The van der Waals surface area contributed by atoms with Crippen molar-refractivity contribution < 1.29 is 19.1 Å². The van der Waals surface area contributed by atoms with Gasteiger partial charge in [-0.15, -0.1) is 0 Å². The molecule has 2 N–H and O–H groups in total. The van der Waals surface area contributed by atoms with E-state index in [0.717, 1.165) is 19.4 Å². The largest absolute Gasteiger partial charge is 0.490 e. The van der Waals surface area contributed by atoms with Crippen LogP contribution in [0.1, 0.15) is 40.0 Å². The summed E-state index contributed by atoms with van der Waals surface area (Å²) in [5.41, 5.74) is 0.536. The summed E-state index contributed by atoms with van der Waals surface area (Å²) in [4.78, 5) is 26.3. The number of anilines is 1. The van der Waals surface area contributed by atoms with Gasteiger partial charge >= 0.3 is 6.03 Å². The molecule has 3 amide bonds. The van der Waals surface area contributed by atoms with Crippen molar-refractivity contribution in [1.29, 1.82) is 0 Å². The van der Waals surface area contributed by atoms with Gasteiger partial charge in [0, 0.05) is 17.8 Å². The van der Waals surface area contributed by atoms with E-state index in [0.29, 0.717) is 36.4 Å². The first kappa shape index (κ1) is 20.0. The molecule has 1 aliphatic rings. The summed E-state index contributed by atoms with van der Waals surface area (Å²) >= 11 is 0. The SMILES string of the molecule is CCOc1ccc(NC(=O)NC(=O)CN2CCCC[C@H]2C)cc1OCC. The van der Waals surface area contributed by atoms with Crippen LogP contribution in [0.25, 0.3) is 0 Å². The molecule has 1 aromatic carbocycles. The Morgan fingerprint density at radius 2 is 1.88 bits per heavy atom. The number of likely N-dealkylation sites (tertiary alicyclic amines) is 1. The smallest absolute Gasteiger partial charge is 0.325 e. The molecule has 7 nitrogen and oxygen atoms in total. The maximum Gasteiger partial charge on any atom is 0.325 e. The maximum absolute atomic E-state index is 12.1. The molecule has 1 aliphatic heterocycles. The Kier molecular flexibility index (Phi) is 7.72. The molecular formula is C19H29N3O4. The van der Waals surface area contributed by atoms with E-state index in [1.165, 1.54) is 6.42 Å². The molecule has 0 aliphatic carbocycles.